The number of hydrogen-bond acceptors (Lipinski definition) is 5. The summed E-state index contributed by atoms with van der Waals surface area (Å²) in [5.74, 6) is 0.959. The Kier molecular flexibility index (Phi) is 7.37. The number of amides is 1. The Hall–Kier alpha value is -2.47. The van der Waals surface area contributed by atoms with Gasteiger partial charge in [-0.05, 0) is 45.2 Å². The average molecular weight is 383 g/mol. The topological polar surface area (TPSA) is 67.3 Å². The van der Waals surface area contributed by atoms with Crippen molar-refractivity contribution in [3.63, 3.8) is 0 Å². The molecule has 0 radical (unpaired) electrons. The quantitative estimate of drug-likeness (QED) is 0.710. The van der Waals surface area contributed by atoms with Crippen molar-refractivity contribution in [2.24, 2.45) is 5.92 Å². The number of hydrogen-bond donors (Lipinski definition) is 1. The molecule has 1 fully saturated rings. The molecular weight excluding hydrogens is 352 g/mol. The van der Waals surface area contributed by atoms with E-state index >= 15 is 0 Å². The Morgan fingerprint density at radius 3 is 2.75 bits per heavy atom. The van der Waals surface area contributed by atoms with Crippen LogP contribution in [0.25, 0.3) is 11.3 Å². The van der Waals surface area contributed by atoms with Crippen molar-refractivity contribution in [1.82, 2.24) is 15.5 Å². The monoisotopic (exact) mass is 382 g/mol. The molecule has 2 heterocycles. The van der Waals surface area contributed by atoms with Crippen LogP contribution in [0.5, 0.6) is 0 Å². The zero-order valence-electron chi connectivity index (χ0n) is 16.8. The van der Waals surface area contributed by atoms with Gasteiger partial charge in [-0.2, -0.15) is 0 Å². The highest BCUT2D eigenvalue weighted by Crippen LogP contribution is 2.23. The molecule has 0 bridgehead atoms. The lowest BCUT2D eigenvalue weighted by molar-refractivity contribution is -0.125. The summed E-state index contributed by atoms with van der Waals surface area (Å²) in [6, 6.07) is 14.0. The zero-order valence-corrected chi connectivity index (χ0v) is 16.8. The van der Waals surface area contributed by atoms with Gasteiger partial charge in [-0.15, -0.1) is 10.2 Å². The number of nitrogens with zero attached hydrogens (tertiary/aromatic N) is 3. The van der Waals surface area contributed by atoms with E-state index in [4.69, 9.17) is 4.74 Å². The van der Waals surface area contributed by atoms with Crippen LogP contribution in [0.2, 0.25) is 0 Å². The predicted octanol–water partition coefficient (Wildman–Crippen LogP) is 3.29. The molecule has 3 rings (SSSR count). The number of rotatable bonds is 8. The first kappa shape index (κ1) is 20.3. The van der Waals surface area contributed by atoms with Crippen LogP contribution in [0.3, 0.4) is 0 Å². The summed E-state index contributed by atoms with van der Waals surface area (Å²) in [6.07, 6.45) is 2.97. The fourth-order valence-corrected chi connectivity index (χ4v) is 3.40. The van der Waals surface area contributed by atoms with Gasteiger partial charge in [0.15, 0.2) is 5.82 Å². The van der Waals surface area contributed by atoms with E-state index in [0.29, 0.717) is 19.7 Å². The predicted molar refractivity (Wildman–Crippen MR) is 111 cm³/mol. The second kappa shape index (κ2) is 10.2. The van der Waals surface area contributed by atoms with E-state index in [-0.39, 0.29) is 17.9 Å². The fourth-order valence-electron chi connectivity index (χ4n) is 3.40. The first-order chi connectivity index (χ1) is 13.6. The second-order valence-corrected chi connectivity index (χ2v) is 7.49. The SMILES string of the molecule is CC(C)OCCCNC(=O)[C@@H]1CCCN(c2ccc(-c3ccccc3)nn2)C1. The lowest BCUT2D eigenvalue weighted by atomic mass is 9.97. The van der Waals surface area contributed by atoms with Gasteiger partial charge in [-0.1, -0.05) is 30.3 Å². The van der Waals surface area contributed by atoms with Crippen LogP contribution in [0.15, 0.2) is 42.5 Å². The van der Waals surface area contributed by atoms with Gasteiger partial charge in [0.05, 0.1) is 17.7 Å². The summed E-state index contributed by atoms with van der Waals surface area (Å²) >= 11 is 0. The highest BCUT2D eigenvalue weighted by atomic mass is 16.5. The molecule has 1 saturated heterocycles. The van der Waals surface area contributed by atoms with Gasteiger partial charge >= 0.3 is 0 Å². The van der Waals surface area contributed by atoms with Crippen LogP contribution >= 0.6 is 0 Å². The molecule has 0 spiro atoms. The standard InChI is InChI=1S/C22H30N4O2/c1-17(2)28-15-7-13-23-22(27)19-10-6-14-26(16-19)21-12-11-20(24-25-21)18-8-4-3-5-9-18/h3-5,8-9,11-12,17,19H,6-7,10,13-16H2,1-2H3,(H,23,27)/t19-/m1/s1. The van der Waals surface area contributed by atoms with Crippen LogP contribution in [0.4, 0.5) is 5.82 Å². The summed E-state index contributed by atoms with van der Waals surface area (Å²) in [5, 5.41) is 11.8. The number of nitrogens with one attached hydrogen (secondary N) is 1. The molecule has 6 nitrogen and oxygen atoms in total. The summed E-state index contributed by atoms with van der Waals surface area (Å²) in [5.41, 5.74) is 1.91. The average Bonchev–Trinajstić information content (AvgIpc) is 2.74. The zero-order chi connectivity index (χ0) is 19.8. The molecule has 150 valence electrons. The lowest BCUT2D eigenvalue weighted by Gasteiger charge is -2.32. The van der Waals surface area contributed by atoms with E-state index in [1.54, 1.807) is 0 Å². The highest BCUT2D eigenvalue weighted by Gasteiger charge is 2.26. The normalized spacial score (nSPS) is 17.0. The van der Waals surface area contributed by atoms with E-state index in [2.05, 4.69) is 20.4 Å². The second-order valence-electron chi connectivity index (χ2n) is 7.49. The summed E-state index contributed by atoms with van der Waals surface area (Å²) < 4.78 is 5.51. The molecule has 1 aromatic carbocycles. The maximum atomic E-state index is 12.5. The van der Waals surface area contributed by atoms with Gasteiger partial charge in [-0.3, -0.25) is 4.79 Å². The van der Waals surface area contributed by atoms with Crippen LogP contribution in [-0.2, 0) is 9.53 Å². The van der Waals surface area contributed by atoms with Crippen molar-refractivity contribution in [3.05, 3.63) is 42.5 Å². The molecule has 1 amide bonds. The van der Waals surface area contributed by atoms with E-state index in [1.807, 2.05) is 56.3 Å². The highest BCUT2D eigenvalue weighted by molar-refractivity contribution is 5.79. The van der Waals surface area contributed by atoms with Crippen molar-refractivity contribution >= 4 is 11.7 Å². The third-order valence-electron chi connectivity index (χ3n) is 4.91. The third-order valence-corrected chi connectivity index (χ3v) is 4.91. The molecule has 1 N–H and O–H groups in total. The Balaban J connectivity index is 1.51. The maximum absolute atomic E-state index is 12.5. The minimum Gasteiger partial charge on any atom is -0.379 e. The number of carbonyl (C=O) groups excluding carboxylic acids is 1. The van der Waals surface area contributed by atoms with Crippen LogP contribution in [-0.4, -0.2) is 48.4 Å². The number of aromatic nitrogens is 2. The number of piperidine rings is 1. The Bertz CT molecular complexity index is 734. The smallest absolute Gasteiger partial charge is 0.224 e. The van der Waals surface area contributed by atoms with E-state index < -0.39 is 0 Å². The third kappa shape index (κ3) is 5.76. The molecular formula is C22H30N4O2. The number of carbonyl (C=O) groups is 1. The van der Waals surface area contributed by atoms with Gasteiger partial charge in [-0.25, -0.2) is 0 Å². The van der Waals surface area contributed by atoms with Gasteiger partial charge in [0, 0.05) is 31.8 Å². The molecule has 0 saturated carbocycles. The van der Waals surface area contributed by atoms with Gasteiger partial charge in [0.2, 0.25) is 5.91 Å². The summed E-state index contributed by atoms with van der Waals surface area (Å²) in [7, 11) is 0. The number of ether oxygens (including phenoxy) is 1. The molecule has 1 aromatic heterocycles. The maximum Gasteiger partial charge on any atom is 0.224 e. The van der Waals surface area contributed by atoms with E-state index in [9.17, 15) is 4.79 Å². The molecule has 2 aromatic rings. The van der Waals surface area contributed by atoms with E-state index in [1.165, 1.54) is 0 Å². The fraction of sp³-hybridized carbons (Fsp3) is 0.500. The number of benzene rings is 1. The molecule has 1 atom stereocenters. The molecule has 6 heteroatoms. The summed E-state index contributed by atoms with van der Waals surface area (Å²) in [4.78, 5) is 14.7. The van der Waals surface area contributed by atoms with Crippen molar-refractivity contribution in [1.29, 1.82) is 0 Å². The molecule has 1 aliphatic heterocycles. The van der Waals surface area contributed by atoms with Crippen molar-refractivity contribution in [2.45, 2.75) is 39.2 Å². The Labute approximate surface area is 167 Å². The van der Waals surface area contributed by atoms with Gasteiger partial charge in [0.25, 0.3) is 0 Å². The minimum atomic E-state index is -0.00429. The largest absolute Gasteiger partial charge is 0.379 e. The van der Waals surface area contributed by atoms with Crippen LogP contribution in [0, 0.1) is 5.92 Å². The van der Waals surface area contributed by atoms with Crippen molar-refractivity contribution < 1.29 is 9.53 Å². The first-order valence-corrected chi connectivity index (χ1v) is 10.2. The number of anilines is 1. The Morgan fingerprint density at radius 1 is 1.21 bits per heavy atom. The first-order valence-electron chi connectivity index (χ1n) is 10.2. The molecule has 28 heavy (non-hydrogen) atoms. The van der Waals surface area contributed by atoms with E-state index in [0.717, 1.165) is 42.9 Å². The van der Waals surface area contributed by atoms with Gasteiger partial charge in [0.1, 0.15) is 0 Å². The molecule has 0 unspecified atom stereocenters. The van der Waals surface area contributed by atoms with Crippen LogP contribution in [0.1, 0.15) is 33.1 Å². The minimum absolute atomic E-state index is 0.00429. The lowest BCUT2D eigenvalue weighted by Crippen LogP contribution is -2.43. The molecule has 0 aliphatic carbocycles. The van der Waals surface area contributed by atoms with Crippen molar-refractivity contribution in [3.8, 4) is 11.3 Å². The van der Waals surface area contributed by atoms with Gasteiger partial charge < -0.3 is 15.0 Å². The summed E-state index contributed by atoms with van der Waals surface area (Å²) in [6.45, 7) is 6.97. The van der Waals surface area contributed by atoms with Crippen molar-refractivity contribution in [2.75, 3.05) is 31.1 Å². The Morgan fingerprint density at radius 2 is 2.04 bits per heavy atom. The molecule has 1 aliphatic rings. The van der Waals surface area contributed by atoms with Crippen LogP contribution < -0.4 is 10.2 Å².